The number of nitrogens with zero attached hydrogens (tertiary/aromatic N) is 4. The van der Waals surface area contributed by atoms with Gasteiger partial charge in [0.15, 0.2) is 0 Å². The molecule has 192 valence electrons. The number of amides is 2. The Morgan fingerprint density at radius 1 is 1.20 bits per heavy atom. The molecule has 3 rings (SSSR count). The molecule has 0 saturated carbocycles. The van der Waals surface area contributed by atoms with Crippen LogP contribution in [-0.2, 0) is 19.4 Å². The van der Waals surface area contributed by atoms with Gasteiger partial charge in [-0.2, -0.15) is 0 Å². The minimum absolute atomic E-state index is 0.0126. The molecule has 1 aliphatic heterocycles. The van der Waals surface area contributed by atoms with Crippen LogP contribution in [0.25, 0.3) is 0 Å². The lowest BCUT2D eigenvalue weighted by molar-refractivity contribution is -0.148. The summed E-state index contributed by atoms with van der Waals surface area (Å²) in [5, 5.41) is 7.74. The highest BCUT2D eigenvalue weighted by Gasteiger charge is 2.41. The first-order chi connectivity index (χ1) is 16.7. The van der Waals surface area contributed by atoms with Crippen LogP contribution in [0.15, 0.2) is 33.5 Å². The summed E-state index contributed by atoms with van der Waals surface area (Å²) in [6.07, 6.45) is 1.39. The van der Waals surface area contributed by atoms with Crippen LogP contribution >= 0.6 is 23.1 Å². The standard InChI is InChI=1S/C22H30N4O6S3/c1-4-6-14-35(29,30)21-24-23-20(34-21)26-18(15-25(3)22(26)28)32-19(27)11-12-31-16-7-9-17(10-8-16)33-13-5-2/h7-10,18H,4-6,11-15H2,1-3H3. The minimum Gasteiger partial charge on any atom is -0.493 e. The number of anilines is 1. The highest BCUT2D eigenvalue weighted by atomic mass is 32.2. The lowest BCUT2D eigenvalue weighted by Gasteiger charge is -2.19. The number of hydrogen-bond donors (Lipinski definition) is 0. The van der Waals surface area contributed by atoms with E-state index >= 15 is 0 Å². The number of hydrogen-bond acceptors (Lipinski definition) is 10. The van der Waals surface area contributed by atoms with E-state index in [0.717, 1.165) is 34.8 Å². The van der Waals surface area contributed by atoms with E-state index in [1.54, 1.807) is 18.8 Å². The second-order valence-corrected chi connectivity index (χ2v) is 12.3. The van der Waals surface area contributed by atoms with Crippen molar-refractivity contribution in [3.05, 3.63) is 24.3 Å². The van der Waals surface area contributed by atoms with Crippen molar-refractivity contribution >= 4 is 50.1 Å². The van der Waals surface area contributed by atoms with Crippen LogP contribution < -0.4 is 9.64 Å². The summed E-state index contributed by atoms with van der Waals surface area (Å²) in [4.78, 5) is 28.8. The van der Waals surface area contributed by atoms with Crippen LogP contribution in [-0.4, -0.2) is 73.4 Å². The number of urea groups is 1. The quantitative estimate of drug-likeness (QED) is 0.211. The third-order valence-electron chi connectivity index (χ3n) is 5.02. The van der Waals surface area contributed by atoms with Crippen molar-refractivity contribution < 1.29 is 27.5 Å². The van der Waals surface area contributed by atoms with Gasteiger partial charge in [-0.15, -0.1) is 22.0 Å². The Balaban J connectivity index is 1.56. The normalized spacial score (nSPS) is 16.1. The van der Waals surface area contributed by atoms with Gasteiger partial charge in [0, 0.05) is 11.9 Å². The number of carbonyl (C=O) groups is 2. The van der Waals surface area contributed by atoms with Crippen LogP contribution in [0.1, 0.15) is 39.5 Å². The first kappa shape index (κ1) is 27.2. The summed E-state index contributed by atoms with van der Waals surface area (Å²) in [6.45, 7) is 4.27. The van der Waals surface area contributed by atoms with Crippen molar-refractivity contribution in [3.8, 4) is 5.75 Å². The summed E-state index contributed by atoms with van der Waals surface area (Å²) >= 11 is 2.57. The maximum absolute atomic E-state index is 12.6. The van der Waals surface area contributed by atoms with Crippen LogP contribution in [0, 0.1) is 0 Å². The van der Waals surface area contributed by atoms with E-state index in [9.17, 15) is 18.0 Å². The summed E-state index contributed by atoms with van der Waals surface area (Å²) < 4.78 is 35.8. The molecule has 10 nitrogen and oxygen atoms in total. The zero-order chi connectivity index (χ0) is 25.4. The molecule has 0 radical (unpaired) electrons. The van der Waals surface area contributed by atoms with Gasteiger partial charge in [-0.3, -0.25) is 4.79 Å². The molecule has 0 aliphatic carbocycles. The highest BCUT2D eigenvalue weighted by Crippen LogP contribution is 2.30. The molecular formula is C22H30N4O6S3. The number of carbonyl (C=O) groups excluding carboxylic acids is 2. The number of rotatable bonds is 13. The number of esters is 1. The van der Waals surface area contributed by atoms with Gasteiger partial charge in [-0.25, -0.2) is 18.1 Å². The van der Waals surface area contributed by atoms with Gasteiger partial charge in [0.25, 0.3) is 0 Å². The zero-order valence-corrected chi connectivity index (χ0v) is 22.5. The molecule has 1 aromatic heterocycles. The lowest BCUT2D eigenvalue weighted by Crippen LogP contribution is -2.37. The SMILES string of the molecule is CCCCS(=O)(=O)c1nnc(N2C(=O)N(C)CC2OC(=O)CCOc2ccc(SCCC)cc2)s1. The largest absolute Gasteiger partial charge is 0.493 e. The Hall–Kier alpha value is -2.38. The van der Waals surface area contributed by atoms with Gasteiger partial charge in [-0.1, -0.05) is 31.6 Å². The van der Waals surface area contributed by atoms with Crippen molar-refractivity contribution in [2.45, 2.75) is 55.0 Å². The van der Waals surface area contributed by atoms with Crippen molar-refractivity contribution in [3.63, 3.8) is 0 Å². The molecule has 1 fully saturated rings. The fraction of sp³-hybridized carbons (Fsp3) is 0.545. The Bertz CT molecular complexity index is 1110. The van der Waals surface area contributed by atoms with Crippen molar-refractivity contribution in [1.82, 2.24) is 15.1 Å². The van der Waals surface area contributed by atoms with Gasteiger partial charge >= 0.3 is 12.0 Å². The molecule has 0 N–H and O–H groups in total. The zero-order valence-electron chi connectivity index (χ0n) is 20.0. The first-order valence-corrected chi connectivity index (χ1v) is 14.9. The van der Waals surface area contributed by atoms with E-state index in [-0.39, 0.29) is 34.8 Å². The molecule has 35 heavy (non-hydrogen) atoms. The number of sulfone groups is 1. The Kier molecular flexibility index (Phi) is 9.75. The van der Waals surface area contributed by atoms with Crippen LogP contribution in [0.5, 0.6) is 5.75 Å². The molecule has 1 unspecified atom stereocenters. The van der Waals surface area contributed by atoms with E-state index in [4.69, 9.17) is 9.47 Å². The molecule has 0 bridgehead atoms. The van der Waals surface area contributed by atoms with E-state index < -0.39 is 28.1 Å². The molecule has 1 aromatic carbocycles. The monoisotopic (exact) mass is 542 g/mol. The molecule has 2 aromatic rings. The Morgan fingerprint density at radius 2 is 1.94 bits per heavy atom. The maximum Gasteiger partial charge on any atom is 0.329 e. The molecule has 1 aliphatic rings. The first-order valence-electron chi connectivity index (χ1n) is 11.4. The summed E-state index contributed by atoms with van der Waals surface area (Å²) in [5.41, 5.74) is 0. The summed E-state index contributed by atoms with van der Waals surface area (Å²) in [7, 11) is -2.02. The molecule has 1 saturated heterocycles. The second kappa shape index (κ2) is 12.5. The number of aromatic nitrogens is 2. The van der Waals surface area contributed by atoms with E-state index in [2.05, 4.69) is 17.1 Å². The van der Waals surface area contributed by atoms with E-state index in [0.29, 0.717) is 12.2 Å². The Labute approximate surface area is 213 Å². The van der Waals surface area contributed by atoms with Gasteiger partial charge in [0.05, 0.1) is 25.3 Å². The fourth-order valence-corrected chi connectivity index (χ4v) is 6.53. The third-order valence-corrected chi connectivity index (χ3v) is 9.41. The van der Waals surface area contributed by atoms with Crippen molar-refractivity contribution in [1.29, 1.82) is 0 Å². The molecule has 0 spiro atoms. The van der Waals surface area contributed by atoms with E-state index in [1.165, 1.54) is 9.80 Å². The number of benzene rings is 1. The number of unbranched alkanes of at least 4 members (excludes halogenated alkanes) is 1. The smallest absolute Gasteiger partial charge is 0.329 e. The highest BCUT2D eigenvalue weighted by molar-refractivity contribution is 7.99. The van der Waals surface area contributed by atoms with Gasteiger partial charge in [0.1, 0.15) is 5.75 Å². The average molecular weight is 543 g/mol. The van der Waals surface area contributed by atoms with Crippen molar-refractivity contribution in [2.24, 2.45) is 0 Å². The summed E-state index contributed by atoms with van der Waals surface area (Å²) in [5.74, 6) is 1.12. The topological polar surface area (TPSA) is 119 Å². The maximum atomic E-state index is 12.6. The molecule has 13 heteroatoms. The van der Waals surface area contributed by atoms with Gasteiger partial charge in [-0.05, 0) is 42.9 Å². The average Bonchev–Trinajstić information content (AvgIpc) is 3.42. The number of likely N-dealkylation sites (N-methyl/N-ethyl adjacent to an activating group) is 1. The van der Waals surface area contributed by atoms with Gasteiger partial charge in [0.2, 0.25) is 25.5 Å². The molecule has 2 amide bonds. The number of thioether (sulfide) groups is 1. The van der Waals surface area contributed by atoms with Crippen LogP contribution in [0.2, 0.25) is 0 Å². The lowest BCUT2D eigenvalue weighted by atomic mass is 10.3. The third kappa shape index (κ3) is 7.31. The fourth-order valence-electron chi connectivity index (χ4n) is 3.16. The number of ether oxygens (including phenoxy) is 2. The van der Waals surface area contributed by atoms with Gasteiger partial charge < -0.3 is 14.4 Å². The molecule has 2 heterocycles. The van der Waals surface area contributed by atoms with Crippen LogP contribution in [0.3, 0.4) is 0 Å². The summed E-state index contributed by atoms with van der Waals surface area (Å²) in [6, 6.07) is 7.22. The van der Waals surface area contributed by atoms with Crippen LogP contribution in [0.4, 0.5) is 9.93 Å². The minimum atomic E-state index is -3.58. The predicted molar refractivity (Wildman–Crippen MR) is 135 cm³/mol. The predicted octanol–water partition coefficient (Wildman–Crippen LogP) is 3.82. The van der Waals surface area contributed by atoms with E-state index in [1.807, 2.05) is 31.2 Å². The molecule has 1 atom stereocenters. The molecular weight excluding hydrogens is 512 g/mol. The second-order valence-electron chi connectivity index (χ2n) is 7.92. The van der Waals surface area contributed by atoms with Crippen molar-refractivity contribution in [2.75, 3.05) is 36.6 Å². The Morgan fingerprint density at radius 3 is 2.63 bits per heavy atom.